The van der Waals surface area contributed by atoms with E-state index in [1.807, 2.05) is 25.1 Å². The minimum atomic E-state index is 0.855. The third-order valence-corrected chi connectivity index (χ3v) is 4.72. The van der Waals surface area contributed by atoms with Crippen molar-refractivity contribution in [2.45, 2.75) is 20.8 Å². The Kier molecular flexibility index (Phi) is 4.80. The molecule has 0 aliphatic carbocycles. The Balaban J connectivity index is 2.29. The zero-order chi connectivity index (χ0) is 18.0. The Bertz CT molecular complexity index is 949. The van der Waals surface area contributed by atoms with Gasteiger partial charge in [-0.3, -0.25) is 0 Å². The summed E-state index contributed by atoms with van der Waals surface area (Å²) in [5.74, 6) is 1.74. The molecule has 0 N–H and O–H groups in total. The maximum Gasteiger partial charge on any atom is 0.137 e. The molecular weight excluding hydrogens is 306 g/mol. The summed E-state index contributed by atoms with van der Waals surface area (Å²) < 4.78 is 6.26. The number of allylic oxidation sites excluding steroid dienone is 3. The van der Waals surface area contributed by atoms with E-state index in [1.165, 1.54) is 11.3 Å². The highest BCUT2D eigenvalue weighted by Crippen LogP contribution is 2.38. The van der Waals surface area contributed by atoms with Crippen LogP contribution in [0.3, 0.4) is 0 Å². The fraction of sp³-hybridized carbons (Fsp3) is 0.217. The molecule has 2 nitrogen and oxygen atoms in total. The molecule has 0 atom stereocenters. The first kappa shape index (κ1) is 17.1. The van der Waals surface area contributed by atoms with Gasteiger partial charge in [-0.1, -0.05) is 37.4 Å². The third-order valence-electron chi connectivity index (χ3n) is 4.72. The van der Waals surface area contributed by atoms with Gasteiger partial charge in [0.2, 0.25) is 0 Å². The number of benzene rings is 2. The van der Waals surface area contributed by atoms with Gasteiger partial charge in [-0.15, -0.1) is 0 Å². The van der Waals surface area contributed by atoms with E-state index in [4.69, 9.17) is 4.74 Å². The van der Waals surface area contributed by atoms with Gasteiger partial charge in [0.05, 0.1) is 0 Å². The van der Waals surface area contributed by atoms with Crippen molar-refractivity contribution < 1.29 is 4.74 Å². The van der Waals surface area contributed by atoms with Gasteiger partial charge in [0, 0.05) is 41.2 Å². The fourth-order valence-corrected chi connectivity index (χ4v) is 3.38. The monoisotopic (exact) mass is 331 g/mol. The molecule has 0 radical (unpaired) electrons. The van der Waals surface area contributed by atoms with Crippen LogP contribution in [-0.4, -0.2) is 13.1 Å². The van der Waals surface area contributed by atoms with Crippen LogP contribution in [0.15, 0.2) is 60.7 Å². The molecule has 0 bridgehead atoms. The van der Waals surface area contributed by atoms with Crippen LogP contribution in [0.1, 0.15) is 26.3 Å². The molecule has 0 spiro atoms. The first-order valence-electron chi connectivity index (χ1n) is 8.82. The van der Waals surface area contributed by atoms with Crippen molar-refractivity contribution in [1.29, 1.82) is 0 Å². The highest BCUT2D eigenvalue weighted by Gasteiger charge is 2.21. The Hall–Kier alpha value is -2.74. The van der Waals surface area contributed by atoms with Crippen LogP contribution in [0.5, 0.6) is 11.5 Å². The van der Waals surface area contributed by atoms with E-state index in [0.717, 1.165) is 46.2 Å². The van der Waals surface area contributed by atoms with Gasteiger partial charge in [-0.2, -0.15) is 0 Å². The van der Waals surface area contributed by atoms with Gasteiger partial charge < -0.3 is 9.64 Å². The first-order valence-corrected chi connectivity index (χ1v) is 8.82. The minimum Gasteiger partial charge on any atom is -0.456 e. The average Bonchev–Trinajstić information content (AvgIpc) is 2.62. The zero-order valence-corrected chi connectivity index (χ0v) is 15.3. The molecule has 0 amide bonds. The van der Waals surface area contributed by atoms with E-state index in [0.29, 0.717) is 0 Å². The Morgan fingerprint density at radius 3 is 2.48 bits per heavy atom. The van der Waals surface area contributed by atoms with Crippen molar-refractivity contribution in [3.8, 4) is 11.5 Å². The van der Waals surface area contributed by atoms with Gasteiger partial charge in [-0.05, 0) is 49.8 Å². The molecule has 2 aromatic rings. The molecule has 2 heteroatoms. The van der Waals surface area contributed by atoms with Crippen LogP contribution in [-0.2, 0) is 0 Å². The average molecular weight is 331 g/mol. The molecule has 2 aromatic carbocycles. The molecule has 0 aromatic heterocycles. The Morgan fingerprint density at radius 1 is 1.08 bits per heavy atom. The van der Waals surface area contributed by atoms with Crippen molar-refractivity contribution >= 4 is 17.8 Å². The lowest BCUT2D eigenvalue weighted by molar-refractivity contribution is 0.472. The van der Waals surface area contributed by atoms with E-state index in [9.17, 15) is 0 Å². The number of hydrogen-bond acceptors (Lipinski definition) is 2. The second-order valence-electron chi connectivity index (χ2n) is 6.11. The molecule has 0 fully saturated rings. The maximum atomic E-state index is 6.26. The van der Waals surface area contributed by atoms with E-state index in [2.05, 4.69) is 62.2 Å². The molecule has 25 heavy (non-hydrogen) atoms. The lowest BCUT2D eigenvalue weighted by Gasteiger charge is -2.26. The summed E-state index contributed by atoms with van der Waals surface area (Å²) in [6.07, 6.45) is 4.00. The largest absolute Gasteiger partial charge is 0.456 e. The lowest BCUT2D eigenvalue weighted by atomic mass is 9.92. The van der Waals surface area contributed by atoms with Crippen LogP contribution in [0.2, 0.25) is 0 Å². The topological polar surface area (TPSA) is 12.5 Å². The molecule has 128 valence electrons. The van der Waals surface area contributed by atoms with Crippen LogP contribution in [0.4, 0.5) is 5.69 Å². The third kappa shape index (κ3) is 3.00. The zero-order valence-electron chi connectivity index (χ0n) is 15.3. The highest BCUT2D eigenvalue weighted by molar-refractivity contribution is 5.87. The van der Waals surface area contributed by atoms with Gasteiger partial charge >= 0.3 is 0 Å². The van der Waals surface area contributed by atoms with Crippen molar-refractivity contribution in [2.75, 3.05) is 18.0 Å². The van der Waals surface area contributed by atoms with Gasteiger partial charge in [0.1, 0.15) is 11.5 Å². The number of fused-ring (bicyclic) bond motifs is 2. The molecule has 1 heterocycles. The Labute approximate surface area is 150 Å². The molecule has 3 rings (SSSR count). The summed E-state index contributed by atoms with van der Waals surface area (Å²) in [7, 11) is 0. The lowest BCUT2D eigenvalue weighted by Crippen LogP contribution is -2.23. The normalized spacial score (nSPS) is 12.9. The van der Waals surface area contributed by atoms with Gasteiger partial charge in [-0.25, -0.2) is 0 Å². The van der Waals surface area contributed by atoms with E-state index < -0.39 is 0 Å². The van der Waals surface area contributed by atoms with Crippen molar-refractivity contribution in [3.63, 3.8) is 0 Å². The number of ether oxygens (including phenoxy) is 1. The van der Waals surface area contributed by atoms with E-state index in [-0.39, 0.29) is 0 Å². The minimum absolute atomic E-state index is 0.855. The quantitative estimate of drug-likeness (QED) is 0.754. The van der Waals surface area contributed by atoms with Crippen LogP contribution in [0.25, 0.3) is 12.2 Å². The summed E-state index contributed by atoms with van der Waals surface area (Å²) in [5.41, 5.74) is 4.56. The van der Waals surface area contributed by atoms with E-state index in [1.54, 1.807) is 0 Å². The van der Waals surface area contributed by atoms with E-state index >= 15 is 0 Å². The highest BCUT2D eigenvalue weighted by atomic mass is 16.5. The smallest absolute Gasteiger partial charge is 0.137 e. The standard InChI is InChI=1S/C23H25NO/c1-6-17(7-2)23-19-12-10-16(5)14-21(19)25-22-15-18(11-13-20(22)23)24(8-3)9-4/h6-7,10-15H,1,5,8-9H2,2-4H3/b17-7+. The number of anilines is 1. The predicted molar refractivity (Wildman–Crippen MR) is 108 cm³/mol. The maximum absolute atomic E-state index is 6.26. The molecule has 0 unspecified atom stereocenters. The van der Waals surface area contributed by atoms with Crippen LogP contribution in [0, 0.1) is 0 Å². The van der Waals surface area contributed by atoms with Crippen LogP contribution >= 0.6 is 0 Å². The second-order valence-corrected chi connectivity index (χ2v) is 6.11. The van der Waals surface area contributed by atoms with Gasteiger partial charge in [0.25, 0.3) is 0 Å². The summed E-state index contributed by atoms with van der Waals surface area (Å²) in [4.78, 5) is 2.32. The number of hydrogen-bond donors (Lipinski definition) is 0. The summed E-state index contributed by atoms with van der Waals surface area (Å²) in [5, 5.41) is 2.03. The van der Waals surface area contributed by atoms with Crippen molar-refractivity contribution in [3.05, 3.63) is 76.7 Å². The van der Waals surface area contributed by atoms with Crippen molar-refractivity contribution in [1.82, 2.24) is 0 Å². The molecule has 0 saturated carbocycles. The number of nitrogens with zero attached hydrogens (tertiary/aromatic N) is 1. The second kappa shape index (κ2) is 7.02. The summed E-state index contributed by atoms with van der Waals surface area (Å²) in [6.45, 7) is 16.3. The molecule has 1 aliphatic rings. The van der Waals surface area contributed by atoms with Crippen molar-refractivity contribution in [2.24, 2.45) is 0 Å². The summed E-state index contributed by atoms with van der Waals surface area (Å²) in [6, 6.07) is 12.6. The predicted octanol–water partition coefficient (Wildman–Crippen LogP) is 4.38. The van der Waals surface area contributed by atoms with Crippen LogP contribution < -0.4 is 20.1 Å². The molecule has 0 saturated heterocycles. The SMILES string of the molecule is C=C/C(=C\C)C1=c2ccc(=C)cc2Oc2cc(N(CC)CC)ccc21. The Morgan fingerprint density at radius 2 is 1.84 bits per heavy atom. The molecular formula is C23H25NO. The molecule has 1 aliphatic heterocycles. The fourth-order valence-electron chi connectivity index (χ4n) is 3.38. The van der Waals surface area contributed by atoms with Gasteiger partial charge in [0.15, 0.2) is 0 Å². The first-order chi connectivity index (χ1) is 12.1. The number of rotatable bonds is 5. The summed E-state index contributed by atoms with van der Waals surface area (Å²) >= 11 is 0.